The summed E-state index contributed by atoms with van der Waals surface area (Å²) in [6.07, 6.45) is 5.60. The predicted molar refractivity (Wildman–Crippen MR) is 55.9 cm³/mol. The van der Waals surface area contributed by atoms with E-state index >= 15 is 0 Å². The largest absolute Gasteiger partial charge is 0.381 e. The average Bonchev–Trinajstić information content (AvgIpc) is 2.00. The van der Waals surface area contributed by atoms with Crippen molar-refractivity contribution in [3.63, 3.8) is 0 Å². The third-order valence-electron chi connectivity index (χ3n) is 2.82. The van der Waals surface area contributed by atoms with Crippen molar-refractivity contribution in [2.24, 2.45) is 5.92 Å². The summed E-state index contributed by atoms with van der Waals surface area (Å²) >= 11 is 0. The van der Waals surface area contributed by atoms with Gasteiger partial charge in [0.05, 0.1) is 6.10 Å². The summed E-state index contributed by atoms with van der Waals surface area (Å²) in [6, 6.07) is 0.733. The van der Waals surface area contributed by atoms with Crippen LogP contribution in [-0.4, -0.2) is 25.8 Å². The Morgan fingerprint density at radius 2 is 2.08 bits per heavy atom. The third-order valence-corrected chi connectivity index (χ3v) is 2.82. The highest BCUT2D eigenvalue weighted by molar-refractivity contribution is 4.85. The number of hydrogen-bond donors (Lipinski definition) is 1. The number of rotatable bonds is 6. The highest BCUT2D eigenvalue weighted by Crippen LogP contribution is 2.22. The molecule has 0 spiro atoms. The molecule has 0 amide bonds. The monoisotopic (exact) mass is 185 g/mol. The van der Waals surface area contributed by atoms with Crippen LogP contribution in [0.3, 0.4) is 0 Å². The number of hydrogen-bond acceptors (Lipinski definition) is 2. The Labute approximate surface area is 82.0 Å². The predicted octanol–water partition coefficient (Wildman–Crippen LogP) is 2.19. The minimum Gasteiger partial charge on any atom is -0.381 e. The molecule has 1 saturated carbocycles. The second kappa shape index (κ2) is 5.61. The van der Waals surface area contributed by atoms with E-state index in [1.165, 1.54) is 32.2 Å². The maximum absolute atomic E-state index is 5.22. The molecule has 0 bridgehead atoms. The molecule has 1 N–H and O–H groups in total. The molecule has 2 nitrogen and oxygen atoms in total. The molecule has 0 aromatic carbocycles. The Hall–Kier alpha value is -0.0800. The van der Waals surface area contributed by atoms with Gasteiger partial charge in [-0.1, -0.05) is 13.8 Å². The van der Waals surface area contributed by atoms with Crippen molar-refractivity contribution in [1.29, 1.82) is 0 Å². The molecule has 0 saturated heterocycles. The highest BCUT2D eigenvalue weighted by atomic mass is 16.5. The molecule has 78 valence electrons. The molecule has 0 heterocycles. The van der Waals surface area contributed by atoms with Crippen molar-refractivity contribution in [2.75, 3.05) is 13.7 Å². The van der Waals surface area contributed by atoms with Gasteiger partial charge in [0, 0.05) is 13.2 Å². The Kier molecular flexibility index (Phi) is 4.74. The van der Waals surface area contributed by atoms with Crippen LogP contribution in [-0.2, 0) is 4.74 Å². The van der Waals surface area contributed by atoms with Gasteiger partial charge in [-0.05, 0) is 38.1 Å². The standard InChI is InChI=1S/C11H23NO/c1-9(2)5-4-6-12-10-7-11(8-10)13-3/h9-12H,4-8H2,1-3H3. The van der Waals surface area contributed by atoms with E-state index in [1.807, 2.05) is 0 Å². The van der Waals surface area contributed by atoms with Crippen molar-refractivity contribution in [2.45, 2.75) is 51.7 Å². The fourth-order valence-electron chi connectivity index (χ4n) is 1.74. The SMILES string of the molecule is COC1CC(NCCCC(C)C)C1. The van der Waals surface area contributed by atoms with Gasteiger partial charge in [0.25, 0.3) is 0 Å². The van der Waals surface area contributed by atoms with Crippen molar-refractivity contribution in [3.05, 3.63) is 0 Å². The summed E-state index contributed by atoms with van der Waals surface area (Å²) in [6.45, 7) is 5.74. The topological polar surface area (TPSA) is 21.3 Å². The van der Waals surface area contributed by atoms with Crippen LogP contribution in [0.4, 0.5) is 0 Å². The minimum atomic E-state index is 0.530. The molecule has 1 rings (SSSR count). The Morgan fingerprint density at radius 1 is 1.38 bits per heavy atom. The van der Waals surface area contributed by atoms with E-state index in [-0.39, 0.29) is 0 Å². The lowest BCUT2D eigenvalue weighted by molar-refractivity contribution is 0.0174. The lowest BCUT2D eigenvalue weighted by Gasteiger charge is -2.34. The third kappa shape index (κ3) is 4.10. The van der Waals surface area contributed by atoms with Crippen molar-refractivity contribution in [1.82, 2.24) is 5.32 Å². The second-order valence-corrected chi connectivity index (χ2v) is 4.52. The quantitative estimate of drug-likeness (QED) is 0.640. The molecule has 1 aliphatic rings. The Balaban J connectivity index is 1.85. The number of ether oxygens (including phenoxy) is 1. The van der Waals surface area contributed by atoms with Crippen LogP contribution in [0.25, 0.3) is 0 Å². The summed E-state index contributed by atoms with van der Waals surface area (Å²) in [4.78, 5) is 0. The van der Waals surface area contributed by atoms with Gasteiger partial charge in [0.15, 0.2) is 0 Å². The summed E-state index contributed by atoms with van der Waals surface area (Å²) in [5.74, 6) is 0.843. The van der Waals surface area contributed by atoms with Crippen LogP contribution in [0.1, 0.15) is 39.5 Å². The molecule has 1 fully saturated rings. The van der Waals surface area contributed by atoms with Crippen LogP contribution in [0.5, 0.6) is 0 Å². The van der Waals surface area contributed by atoms with E-state index < -0.39 is 0 Å². The van der Waals surface area contributed by atoms with E-state index in [0.29, 0.717) is 6.10 Å². The molecule has 13 heavy (non-hydrogen) atoms. The lowest BCUT2D eigenvalue weighted by Crippen LogP contribution is -2.45. The van der Waals surface area contributed by atoms with E-state index in [0.717, 1.165) is 12.0 Å². The zero-order valence-corrected chi connectivity index (χ0v) is 9.18. The zero-order valence-electron chi connectivity index (χ0n) is 9.18. The van der Waals surface area contributed by atoms with Crippen LogP contribution in [0.2, 0.25) is 0 Å². The van der Waals surface area contributed by atoms with Crippen LogP contribution in [0.15, 0.2) is 0 Å². The Bertz CT molecular complexity index is 130. The van der Waals surface area contributed by atoms with Gasteiger partial charge in [-0.25, -0.2) is 0 Å². The molecule has 0 atom stereocenters. The van der Waals surface area contributed by atoms with Gasteiger partial charge in [0.1, 0.15) is 0 Å². The van der Waals surface area contributed by atoms with Gasteiger partial charge in [0.2, 0.25) is 0 Å². The van der Waals surface area contributed by atoms with E-state index in [2.05, 4.69) is 19.2 Å². The maximum atomic E-state index is 5.22. The molecule has 0 aliphatic heterocycles. The van der Waals surface area contributed by atoms with Crippen molar-refractivity contribution in [3.8, 4) is 0 Å². The first-order valence-electron chi connectivity index (χ1n) is 5.48. The lowest BCUT2D eigenvalue weighted by atomic mass is 9.89. The van der Waals surface area contributed by atoms with Gasteiger partial charge >= 0.3 is 0 Å². The second-order valence-electron chi connectivity index (χ2n) is 4.52. The van der Waals surface area contributed by atoms with Gasteiger partial charge in [-0.3, -0.25) is 0 Å². The van der Waals surface area contributed by atoms with Crippen LogP contribution >= 0.6 is 0 Å². The highest BCUT2D eigenvalue weighted by Gasteiger charge is 2.27. The fourth-order valence-corrected chi connectivity index (χ4v) is 1.74. The smallest absolute Gasteiger partial charge is 0.0601 e. The molecule has 2 heteroatoms. The minimum absolute atomic E-state index is 0.530. The summed E-state index contributed by atoms with van der Waals surface area (Å²) in [5, 5.41) is 3.56. The molecule has 0 aromatic rings. The molecule has 0 radical (unpaired) electrons. The van der Waals surface area contributed by atoms with Crippen molar-refractivity contribution < 1.29 is 4.74 Å². The first kappa shape index (κ1) is 11.0. The van der Waals surface area contributed by atoms with Gasteiger partial charge in [-0.2, -0.15) is 0 Å². The molecular formula is C11H23NO. The van der Waals surface area contributed by atoms with Crippen LogP contribution in [0, 0.1) is 5.92 Å². The van der Waals surface area contributed by atoms with Gasteiger partial charge in [-0.15, -0.1) is 0 Å². The zero-order chi connectivity index (χ0) is 9.68. The first-order valence-corrected chi connectivity index (χ1v) is 5.48. The van der Waals surface area contributed by atoms with Gasteiger partial charge < -0.3 is 10.1 Å². The average molecular weight is 185 g/mol. The molecule has 0 unspecified atom stereocenters. The molecule has 0 aromatic heterocycles. The van der Waals surface area contributed by atoms with E-state index in [4.69, 9.17) is 4.74 Å². The number of methoxy groups -OCH3 is 1. The summed E-state index contributed by atoms with van der Waals surface area (Å²) in [5.41, 5.74) is 0. The first-order chi connectivity index (χ1) is 6.22. The van der Waals surface area contributed by atoms with Crippen LogP contribution < -0.4 is 5.32 Å². The fraction of sp³-hybridized carbons (Fsp3) is 1.00. The Morgan fingerprint density at radius 3 is 2.62 bits per heavy atom. The summed E-state index contributed by atoms with van der Waals surface area (Å²) in [7, 11) is 1.81. The number of nitrogens with one attached hydrogen (secondary N) is 1. The maximum Gasteiger partial charge on any atom is 0.0601 e. The van der Waals surface area contributed by atoms with E-state index in [1.54, 1.807) is 7.11 Å². The molecule has 1 aliphatic carbocycles. The summed E-state index contributed by atoms with van der Waals surface area (Å²) < 4.78 is 5.22. The molecular weight excluding hydrogens is 162 g/mol. The van der Waals surface area contributed by atoms with E-state index in [9.17, 15) is 0 Å². The normalized spacial score (nSPS) is 27.7. The van der Waals surface area contributed by atoms with Crippen molar-refractivity contribution >= 4 is 0 Å².